The number of carbonyl (C=O) groups excluding carboxylic acids is 1. The lowest BCUT2D eigenvalue weighted by Gasteiger charge is -2.22. The molecule has 0 radical (unpaired) electrons. The van der Waals surface area contributed by atoms with Crippen LogP contribution in [0.2, 0.25) is 0 Å². The van der Waals surface area contributed by atoms with Crippen LogP contribution in [0.1, 0.15) is 35.2 Å². The molecule has 0 aromatic heterocycles. The van der Waals surface area contributed by atoms with Gasteiger partial charge in [-0.2, -0.15) is 0 Å². The highest BCUT2D eigenvalue weighted by Gasteiger charge is 2.16. The molecule has 0 spiro atoms. The number of hydroxylamine groups is 1. The van der Waals surface area contributed by atoms with Crippen molar-refractivity contribution in [3.05, 3.63) is 29.3 Å². The molecule has 19 heavy (non-hydrogen) atoms. The number of amides is 1. The molecule has 1 aromatic rings. The Morgan fingerprint density at radius 2 is 2.26 bits per heavy atom. The van der Waals surface area contributed by atoms with E-state index >= 15 is 0 Å². The summed E-state index contributed by atoms with van der Waals surface area (Å²) in [6.45, 7) is 2.60. The Balaban J connectivity index is 1.92. The first-order valence-electron chi connectivity index (χ1n) is 6.43. The number of aryl methyl sites for hydroxylation is 1. The summed E-state index contributed by atoms with van der Waals surface area (Å²) < 4.78 is 10.6. The quantitative estimate of drug-likeness (QED) is 0.848. The lowest BCUT2D eigenvalue weighted by Crippen LogP contribution is -2.33. The predicted molar refractivity (Wildman–Crippen MR) is 69.9 cm³/mol. The van der Waals surface area contributed by atoms with E-state index in [4.69, 9.17) is 14.3 Å². The van der Waals surface area contributed by atoms with E-state index in [0.717, 1.165) is 24.8 Å². The normalized spacial score (nSPS) is 18.9. The Bertz CT molecular complexity index is 441. The van der Waals surface area contributed by atoms with Crippen molar-refractivity contribution in [1.82, 2.24) is 5.48 Å². The van der Waals surface area contributed by atoms with E-state index in [0.29, 0.717) is 17.9 Å². The van der Waals surface area contributed by atoms with Gasteiger partial charge in [-0.3, -0.25) is 4.79 Å². The summed E-state index contributed by atoms with van der Waals surface area (Å²) in [5.74, 6) is 0.383. The molecule has 2 rings (SSSR count). The maximum Gasteiger partial charge on any atom is 0.275 e. The average molecular weight is 265 g/mol. The summed E-state index contributed by atoms with van der Waals surface area (Å²) in [6.07, 6.45) is 2.56. The first-order valence-corrected chi connectivity index (χ1v) is 6.43. The zero-order valence-corrected chi connectivity index (χ0v) is 11.3. The molecule has 1 aromatic carbocycles. The van der Waals surface area contributed by atoms with E-state index in [2.05, 4.69) is 5.48 Å². The van der Waals surface area contributed by atoms with Crippen LogP contribution < -0.4 is 10.2 Å². The van der Waals surface area contributed by atoms with Crippen molar-refractivity contribution in [2.45, 2.75) is 32.5 Å². The minimum Gasteiger partial charge on any atom is -0.496 e. The molecule has 5 nitrogen and oxygen atoms in total. The molecular weight excluding hydrogens is 246 g/mol. The van der Waals surface area contributed by atoms with Gasteiger partial charge in [0.25, 0.3) is 5.91 Å². The minimum atomic E-state index is -0.343. The van der Waals surface area contributed by atoms with Crippen molar-refractivity contribution in [2.75, 3.05) is 13.7 Å². The van der Waals surface area contributed by atoms with Gasteiger partial charge in [0.2, 0.25) is 0 Å². The molecular formula is C14H19NO4. The van der Waals surface area contributed by atoms with Gasteiger partial charge in [-0.1, -0.05) is 6.07 Å². The van der Waals surface area contributed by atoms with Crippen molar-refractivity contribution in [3.63, 3.8) is 0 Å². The van der Waals surface area contributed by atoms with E-state index in [1.54, 1.807) is 19.2 Å². The summed E-state index contributed by atoms with van der Waals surface area (Å²) in [5.41, 5.74) is 3.90. The molecule has 1 atom stereocenters. The topological polar surface area (TPSA) is 56.8 Å². The largest absolute Gasteiger partial charge is 0.496 e. The SMILES string of the molecule is COc1cc(C(=O)NO[C@H]2CCCCO2)ccc1C. The van der Waals surface area contributed by atoms with Crippen molar-refractivity contribution < 1.29 is 19.1 Å². The van der Waals surface area contributed by atoms with Crippen LogP contribution in [0.5, 0.6) is 5.75 Å². The van der Waals surface area contributed by atoms with E-state index in [1.807, 2.05) is 13.0 Å². The van der Waals surface area contributed by atoms with E-state index in [1.165, 1.54) is 0 Å². The van der Waals surface area contributed by atoms with Crippen LogP contribution in [0.25, 0.3) is 0 Å². The highest BCUT2D eigenvalue weighted by Crippen LogP contribution is 2.19. The molecule has 1 aliphatic rings. The highest BCUT2D eigenvalue weighted by atomic mass is 16.8. The van der Waals surface area contributed by atoms with Crippen LogP contribution in [0, 0.1) is 6.92 Å². The van der Waals surface area contributed by atoms with Gasteiger partial charge in [-0.25, -0.2) is 10.3 Å². The second kappa shape index (κ2) is 6.54. The number of methoxy groups -OCH3 is 1. The summed E-state index contributed by atoms with van der Waals surface area (Å²) in [5, 5.41) is 0. The van der Waals surface area contributed by atoms with E-state index in [9.17, 15) is 4.79 Å². The van der Waals surface area contributed by atoms with Crippen molar-refractivity contribution in [3.8, 4) is 5.75 Å². The van der Waals surface area contributed by atoms with Crippen LogP contribution >= 0.6 is 0 Å². The monoisotopic (exact) mass is 265 g/mol. The van der Waals surface area contributed by atoms with Crippen molar-refractivity contribution >= 4 is 5.91 Å². The van der Waals surface area contributed by atoms with Crippen molar-refractivity contribution in [1.29, 1.82) is 0 Å². The van der Waals surface area contributed by atoms with Gasteiger partial charge in [0.05, 0.1) is 7.11 Å². The summed E-state index contributed by atoms with van der Waals surface area (Å²) in [6, 6.07) is 5.26. The average Bonchev–Trinajstić information content (AvgIpc) is 2.46. The maximum atomic E-state index is 11.9. The lowest BCUT2D eigenvalue weighted by atomic mass is 10.1. The van der Waals surface area contributed by atoms with E-state index < -0.39 is 0 Å². The smallest absolute Gasteiger partial charge is 0.275 e. The third-order valence-electron chi connectivity index (χ3n) is 3.09. The van der Waals surface area contributed by atoms with Gasteiger partial charge >= 0.3 is 0 Å². The molecule has 104 valence electrons. The standard InChI is InChI=1S/C14H19NO4/c1-10-6-7-11(9-12(10)17-2)14(16)15-19-13-5-3-4-8-18-13/h6-7,9,13H,3-5,8H2,1-2H3,(H,15,16)/t13-/m0/s1. The van der Waals surface area contributed by atoms with E-state index in [-0.39, 0.29) is 12.2 Å². The number of nitrogens with one attached hydrogen (secondary N) is 1. The molecule has 0 saturated carbocycles. The van der Waals surface area contributed by atoms with Gasteiger partial charge in [0.15, 0.2) is 6.29 Å². The summed E-state index contributed by atoms with van der Waals surface area (Å²) in [7, 11) is 1.58. The van der Waals surface area contributed by atoms with Gasteiger partial charge < -0.3 is 9.47 Å². The zero-order valence-electron chi connectivity index (χ0n) is 11.3. The Morgan fingerprint density at radius 1 is 1.42 bits per heavy atom. The molecule has 1 aliphatic heterocycles. The number of hydrogen-bond acceptors (Lipinski definition) is 4. The molecule has 0 unspecified atom stereocenters. The molecule has 0 aliphatic carbocycles. The predicted octanol–water partition coefficient (Wildman–Crippen LogP) is 2.19. The lowest BCUT2D eigenvalue weighted by molar-refractivity contribution is -0.186. The fraction of sp³-hybridized carbons (Fsp3) is 0.500. The Labute approximate surface area is 112 Å². The minimum absolute atomic E-state index is 0.299. The number of ether oxygens (including phenoxy) is 2. The summed E-state index contributed by atoms with van der Waals surface area (Å²) >= 11 is 0. The molecule has 1 saturated heterocycles. The second-order valence-electron chi connectivity index (χ2n) is 4.53. The Kier molecular flexibility index (Phi) is 4.76. The molecule has 1 fully saturated rings. The third kappa shape index (κ3) is 3.68. The first-order chi connectivity index (χ1) is 9.20. The van der Waals surface area contributed by atoms with Crippen LogP contribution in [0.3, 0.4) is 0 Å². The Morgan fingerprint density at radius 3 is 2.95 bits per heavy atom. The number of carbonyl (C=O) groups is 1. The third-order valence-corrected chi connectivity index (χ3v) is 3.09. The first kappa shape index (κ1) is 13.8. The maximum absolute atomic E-state index is 11.9. The highest BCUT2D eigenvalue weighted by molar-refractivity contribution is 5.94. The zero-order chi connectivity index (χ0) is 13.7. The number of hydrogen-bond donors (Lipinski definition) is 1. The Hall–Kier alpha value is -1.59. The molecule has 0 bridgehead atoms. The van der Waals surface area contributed by atoms with Gasteiger partial charge in [-0.15, -0.1) is 0 Å². The van der Waals surface area contributed by atoms with Crippen molar-refractivity contribution in [2.24, 2.45) is 0 Å². The second-order valence-corrected chi connectivity index (χ2v) is 4.53. The van der Waals surface area contributed by atoms with Gasteiger partial charge in [0.1, 0.15) is 5.75 Å². The molecule has 1 N–H and O–H groups in total. The molecule has 1 heterocycles. The fourth-order valence-corrected chi connectivity index (χ4v) is 1.94. The van der Waals surface area contributed by atoms with Gasteiger partial charge in [-0.05, 0) is 37.5 Å². The number of rotatable bonds is 4. The fourth-order valence-electron chi connectivity index (χ4n) is 1.94. The summed E-state index contributed by atoms with van der Waals surface area (Å²) in [4.78, 5) is 17.2. The van der Waals surface area contributed by atoms with Crippen LogP contribution in [0.15, 0.2) is 18.2 Å². The van der Waals surface area contributed by atoms with Gasteiger partial charge in [0, 0.05) is 18.6 Å². The molecule has 5 heteroatoms. The number of benzene rings is 1. The molecule has 1 amide bonds. The van der Waals surface area contributed by atoms with Crippen LogP contribution in [0.4, 0.5) is 0 Å². The van der Waals surface area contributed by atoms with Crippen LogP contribution in [-0.2, 0) is 9.57 Å². The van der Waals surface area contributed by atoms with Crippen LogP contribution in [-0.4, -0.2) is 25.9 Å².